The molecule has 0 spiro atoms. The number of ether oxygens (including phenoxy) is 1. The lowest BCUT2D eigenvalue weighted by atomic mass is 10.2. The Morgan fingerprint density at radius 3 is 2.75 bits per heavy atom. The number of para-hydroxylation sites is 2. The molecule has 144 valence electrons. The standard InChI is InChI=1S/C20H23N7O/c1-4-16-22-14-7-5-6-8-15(14)27(16)20-23-18-17(21-13(2)25(18)3)19(24-20)26-9-11-28-12-10-26/h5-8,18H,2,4,9-12H2,1,3H3. The minimum absolute atomic E-state index is 0.219. The number of aliphatic imine (C=N–C) groups is 3. The second kappa shape index (κ2) is 6.56. The number of morpholine rings is 1. The van der Waals surface area contributed by atoms with Crippen molar-refractivity contribution in [2.45, 2.75) is 19.5 Å². The van der Waals surface area contributed by atoms with Crippen molar-refractivity contribution in [3.8, 4) is 0 Å². The molecule has 1 atom stereocenters. The van der Waals surface area contributed by atoms with Gasteiger partial charge in [-0.3, -0.25) is 4.57 Å². The number of nitrogens with zero attached hydrogens (tertiary/aromatic N) is 7. The van der Waals surface area contributed by atoms with Gasteiger partial charge in [0.05, 0.1) is 24.2 Å². The molecule has 0 bridgehead atoms. The predicted octanol–water partition coefficient (Wildman–Crippen LogP) is 1.73. The Hall–Kier alpha value is -3.00. The lowest BCUT2D eigenvalue weighted by molar-refractivity contribution is 0.0688. The smallest absolute Gasteiger partial charge is 0.235 e. The van der Waals surface area contributed by atoms with Crippen molar-refractivity contribution < 1.29 is 4.74 Å². The SMILES string of the molecule is C=C1N=C2C(N3CCOCC3)=NC(n3c(CC)nc4ccccc43)=NC2N1C. The summed E-state index contributed by atoms with van der Waals surface area (Å²) in [6.07, 6.45) is 0.577. The van der Waals surface area contributed by atoms with Crippen molar-refractivity contribution in [1.29, 1.82) is 0 Å². The van der Waals surface area contributed by atoms with E-state index in [1.54, 1.807) is 0 Å². The predicted molar refractivity (Wildman–Crippen MR) is 110 cm³/mol. The zero-order chi connectivity index (χ0) is 19.3. The molecule has 1 fully saturated rings. The third kappa shape index (κ3) is 2.56. The van der Waals surface area contributed by atoms with E-state index in [0.717, 1.165) is 47.9 Å². The van der Waals surface area contributed by atoms with Crippen LogP contribution in [0.15, 0.2) is 51.6 Å². The molecular formula is C20H23N7O. The number of imidazole rings is 1. The molecule has 8 nitrogen and oxygen atoms in total. The average Bonchev–Trinajstić information content (AvgIpc) is 3.25. The minimum Gasteiger partial charge on any atom is -0.378 e. The van der Waals surface area contributed by atoms with E-state index in [2.05, 4.69) is 34.0 Å². The zero-order valence-electron chi connectivity index (χ0n) is 16.2. The third-order valence-electron chi connectivity index (χ3n) is 5.40. The van der Waals surface area contributed by atoms with Crippen LogP contribution in [0.3, 0.4) is 0 Å². The van der Waals surface area contributed by atoms with Crippen LogP contribution in [0.5, 0.6) is 0 Å². The second-order valence-electron chi connectivity index (χ2n) is 7.07. The van der Waals surface area contributed by atoms with E-state index in [9.17, 15) is 0 Å². The fourth-order valence-corrected chi connectivity index (χ4v) is 3.86. The molecular weight excluding hydrogens is 354 g/mol. The van der Waals surface area contributed by atoms with E-state index in [0.29, 0.717) is 25.0 Å². The van der Waals surface area contributed by atoms with E-state index in [1.807, 2.05) is 30.1 Å². The number of hydrogen-bond acceptors (Lipinski definition) is 7. The summed E-state index contributed by atoms with van der Waals surface area (Å²) < 4.78 is 7.60. The Balaban J connectivity index is 1.68. The van der Waals surface area contributed by atoms with Gasteiger partial charge in [-0.25, -0.2) is 15.0 Å². The molecule has 4 heterocycles. The van der Waals surface area contributed by atoms with Crippen LogP contribution in [0.1, 0.15) is 12.7 Å². The highest BCUT2D eigenvalue weighted by atomic mass is 16.5. The maximum absolute atomic E-state index is 5.53. The van der Waals surface area contributed by atoms with Gasteiger partial charge in [0.2, 0.25) is 5.96 Å². The summed E-state index contributed by atoms with van der Waals surface area (Å²) in [6.45, 7) is 9.12. The van der Waals surface area contributed by atoms with E-state index < -0.39 is 0 Å². The summed E-state index contributed by atoms with van der Waals surface area (Å²) in [6, 6.07) is 8.11. The van der Waals surface area contributed by atoms with Gasteiger partial charge in [0, 0.05) is 26.6 Å². The van der Waals surface area contributed by atoms with Crippen LogP contribution in [0.2, 0.25) is 0 Å². The summed E-state index contributed by atoms with van der Waals surface area (Å²) in [5, 5.41) is 0. The van der Waals surface area contributed by atoms with E-state index in [-0.39, 0.29) is 6.17 Å². The molecule has 0 radical (unpaired) electrons. The molecule has 1 aromatic heterocycles. The van der Waals surface area contributed by atoms with Crippen LogP contribution in [0, 0.1) is 0 Å². The number of benzene rings is 1. The first-order chi connectivity index (χ1) is 13.7. The number of amidine groups is 1. The largest absolute Gasteiger partial charge is 0.378 e. The van der Waals surface area contributed by atoms with Crippen LogP contribution >= 0.6 is 0 Å². The van der Waals surface area contributed by atoms with Crippen LogP contribution in [0.4, 0.5) is 0 Å². The first-order valence-electron chi connectivity index (χ1n) is 9.64. The summed E-state index contributed by atoms with van der Waals surface area (Å²) in [5.74, 6) is 3.17. The van der Waals surface area contributed by atoms with E-state index >= 15 is 0 Å². The Labute approximate surface area is 163 Å². The van der Waals surface area contributed by atoms with Crippen molar-refractivity contribution in [2.75, 3.05) is 33.4 Å². The highest BCUT2D eigenvalue weighted by Gasteiger charge is 2.38. The third-order valence-corrected chi connectivity index (χ3v) is 5.40. The molecule has 0 amide bonds. The maximum atomic E-state index is 5.53. The lowest BCUT2D eigenvalue weighted by Crippen LogP contribution is -2.50. The quantitative estimate of drug-likeness (QED) is 0.759. The number of hydrogen-bond donors (Lipinski definition) is 0. The van der Waals surface area contributed by atoms with Crippen molar-refractivity contribution >= 4 is 28.5 Å². The lowest BCUT2D eigenvalue weighted by Gasteiger charge is -2.33. The molecule has 3 aliphatic heterocycles. The molecule has 28 heavy (non-hydrogen) atoms. The topological polar surface area (TPSA) is 70.6 Å². The maximum Gasteiger partial charge on any atom is 0.235 e. The Bertz CT molecular complexity index is 1040. The Morgan fingerprint density at radius 1 is 1.18 bits per heavy atom. The Morgan fingerprint density at radius 2 is 1.96 bits per heavy atom. The van der Waals surface area contributed by atoms with Crippen LogP contribution < -0.4 is 0 Å². The second-order valence-corrected chi connectivity index (χ2v) is 7.07. The molecule has 0 aliphatic carbocycles. The van der Waals surface area contributed by atoms with Gasteiger partial charge in [0.25, 0.3) is 0 Å². The van der Waals surface area contributed by atoms with Crippen molar-refractivity contribution in [2.24, 2.45) is 15.0 Å². The summed E-state index contributed by atoms with van der Waals surface area (Å²) in [4.78, 5) is 23.6. The average molecular weight is 377 g/mol. The number of aryl methyl sites for hydroxylation is 1. The van der Waals surface area contributed by atoms with Gasteiger partial charge in [-0.05, 0) is 12.1 Å². The molecule has 1 aromatic carbocycles. The van der Waals surface area contributed by atoms with Crippen LogP contribution in [-0.4, -0.2) is 76.4 Å². The summed E-state index contributed by atoms with van der Waals surface area (Å²) >= 11 is 0. The minimum atomic E-state index is -0.219. The van der Waals surface area contributed by atoms with Gasteiger partial charge in [0.15, 0.2) is 12.0 Å². The molecule has 1 saturated heterocycles. The highest BCUT2D eigenvalue weighted by Crippen LogP contribution is 2.26. The molecule has 5 rings (SSSR count). The number of rotatable bonds is 1. The molecule has 8 heteroatoms. The highest BCUT2D eigenvalue weighted by molar-refractivity contribution is 6.46. The summed E-state index contributed by atoms with van der Waals surface area (Å²) in [7, 11) is 1.97. The van der Waals surface area contributed by atoms with Crippen LogP contribution in [0.25, 0.3) is 11.0 Å². The number of fused-ring (bicyclic) bond motifs is 2. The molecule has 0 saturated carbocycles. The molecule has 2 aromatic rings. The van der Waals surface area contributed by atoms with Gasteiger partial charge < -0.3 is 14.5 Å². The van der Waals surface area contributed by atoms with Gasteiger partial charge in [0.1, 0.15) is 17.4 Å². The molecule has 1 unspecified atom stereocenters. The monoisotopic (exact) mass is 377 g/mol. The van der Waals surface area contributed by atoms with Crippen molar-refractivity contribution in [1.82, 2.24) is 19.4 Å². The Kier molecular flexibility index (Phi) is 4.01. The van der Waals surface area contributed by atoms with Gasteiger partial charge in [-0.1, -0.05) is 25.6 Å². The van der Waals surface area contributed by atoms with Crippen LogP contribution in [-0.2, 0) is 11.2 Å². The summed E-state index contributed by atoms with van der Waals surface area (Å²) in [5.41, 5.74) is 2.83. The van der Waals surface area contributed by atoms with Crippen molar-refractivity contribution in [3.05, 3.63) is 42.5 Å². The molecule has 0 N–H and O–H groups in total. The number of aromatic nitrogens is 2. The zero-order valence-corrected chi connectivity index (χ0v) is 16.2. The van der Waals surface area contributed by atoms with E-state index in [1.165, 1.54) is 0 Å². The first kappa shape index (κ1) is 17.1. The van der Waals surface area contributed by atoms with Gasteiger partial charge >= 0.3 is 0 Å². The van der Waals surface area contributed by atoms with Gasteiger partial charge in [-0.2, -0.15) is 4.99 Å². The first-order valence-corrected chi connectivity index (χ1v) is 9.64. The molecule has 3 aliphatic rings. The van der Waals surface area contributed by atoms with Crippen molar-refractivity contribution in [3.63, 3.8) is 0 Å². The van der Waals surface area contributed by atoms with Gasteiger partial charge in [-0.15, -0.1) is 0 Å². The van der Waals surface area contributed by atoms with E-state index in [4.69, 9.17) is 19.7 Å². The fraction of sp³-hybridized carbons (Fsp3) is 0.400. The normalized spacial score (nSPS) is 22.3. The fourth-order valence-electron chi connectivity index (χ4n) is 3.86.